The maximum Gasteiger partial charge on any atom is 0.255 e. The van der Waals surface area contributed by atoms with E-state index < -0.39 is 0 Å². The highest BCUT2D eigenvalue weighted by molar-refractivity contribution is 6.33. The predicted octanol–water partition coefficient (Wildman–Crippen LogP) is 3.81. The molecule has 0 bridgehead atoms. The Kier molecular flexibility index (Phi) is 8.32. The molecule has 1 unspecified atom stereocenters. The second-order valence-electron chi connectivity index (χ2n) is 8.03. The third-order valence-electron chi connectivity index (χ3n) is 5.60. The van der Waals surface area contributed by atoms with E-state index in [4.69, 9.17) is 11.6 Å². The van der Waals surface area contributed by atoms with Crippen LogP contribution in [0.25, 0.3) is 5.69 Å². The summed E-state index contributed by atoms with van der Waals surface area (Å²) < 4.78 is 3.64. The van der Waals surface area contributed by atoms with Gasteiger partial charge < -0.3 is 21.3 Å². The highest BCUT2D eigenvalue weighted by atomic mass is 35.5. The van der Waals surface area contributed by atoms with Crippen molar-refractivity contribution in [2.24, 2.45) is 0 Å². The number of para-hydroxylation sites is 1. The van der Waals surface area contributed by atoms with Crippen LogP contribution < -0.4 is 21.3 Å². The normalized spacial score (nSPS) is 14.4. The first-order valence-electron chi connectivity index (χ1n) is 11.4. The molecule has 36 heavy (non-hydrogen) atoms. The minimum absolute atomic E-state index is 0.169. The Labute approximate surface area is 213 Å². The van der Waals surface area contributed by atoms with Gasteiger partial charge in [-0.2, -0.15) is 10.2 Å². The molecule has 5 rings (SSSR count). The molecule has 3 heterocycles. The molecule has 4 aromatic rings. The van der Waals surface area contributed by atoms with E-state index in [0.29, 0.717) is 34.4 Å². The van der Waals surface area contributed by atoms with Gasteiger partial charge in [-0.1, -0.05) is 29.8 Å². The fourth-order valence-electron chi connectivity index (χ4n) is 3.70. The lowest BCUT2D eigenvalue weighted by Gasteiger charge is -2.08. The van der Waals surface area contributed by atoms with E-state index in [1.165, 1.54) is 0 Å². The molecule has 0 saturated carbocycles. The summed E-state index contributed by atoms with van der Waals surface area (Å²) in [5, 5.41) is 20.9. The van der Waals surface area contributed by atoms with Crippen LogP contribution in [0, 0.1) is 0 Å². The quantitative estimate of drug-likeness (QED) is 0.283. The van der Waals surface area contributed by atoms with Crippen LogP contribution in [0.1, 0.15) is 22.8 Å². The maximum atomic E-state index is 12.6. The van der Waals surface area contributed by atoms with Gasteiger partial charge in [0.15, 0.2) is 0 Å². The number of carbonyl (C=O) groups excluding carboxylic acids is 2. The van der Waals surface area contributed by atoms with Crippen molar-refractivity contribution in [2.75, 3.05) is 36.1 Å². The Morgan fingerprint density at radius 1 is 1.11 bits per heavy atom. The zero-order chi connectivity index (χ0) is 25.3. The van der Waals surface area contributed by atoms with Crippen molar-refractivity contribution in [2.45, 2.75) is 12.5 Å². The molecule has 0 radical (unpaired) electrons. The van der Waals surface area contributed by atoms with Crippen LogP contribution in [0.3, 0.4) is 0 Å². The SMILES string of the molecule is CNc1cnn(-c2cccc(C(=O)Nc3cnn(C4CCNC4)c3)c2)c1.O=CNc1ccccc1Cl. The molecular formula is C25H27ClN8O2. The molecular weight excluding hydrogens is 480 g/mol. The first-order valence-corrected chi connectivity index (χ1v) is 11.8. The number of hydrogen-bond donors (Lipinski definition) is 4. The van der Waals surface area contributed by atoms with E-state index in [0.717, 1.165) is 30.9 Å². The van der Waals surface area contributed by atoms with E-state index in [2.05, 4.69) is 31.5 Å². The molecule has 0 aliphatic carbocycles. The standard InChI is InChI=1S/C18H21N7O.C7H6ClNO/c1-19-14-8-21-24(11-14)16-4-2-3-13(7-16)18(26)23-15-9-22-25(12-15)17-5-6-20-10-17;8-6-3-1-2-4-7(6)9-5-10/h2-4,7-9,11-12,17,19-20H,5-6,10H2,1H3,(H,23,26);1-5H,(H,9,10). The summed E-state index contributed by atoms with van der Waals surface area (Å²) in [6.45, 7) is 1.91. The smallest absolute Gasteiger partial charge is 0.255 e. The summed E-state index contributed by atoms with van der Waals surface area (Å²) in [6.07, 6.45) is 8.82. The summed E-state index contributed by atoms with van der Waals surface area (Å²) in [5.41, 5.74) is 3.64. The molecule has 2 aromatic heterocycles. The number of hydrogen-bond acceptors (Lipinski definition) is 6. The van der Waals surface area contributed by atoms with E-state index in [-0.39, 0.29) is 5.91 Å². The van der Waals surface area contributed by atoms with Gasteiger partial charge in [-0.3, -0.25) is 14.3 Å². The highest BCUT2D eigenvalue weighted by Crippen LogP contribution is 2.20. The molecule has 1 aliphatic heterocycles. The minimum Gasteiger partial charge on any atom is -0.386 e. The highest BCUT2D eigenvalue weighted by Gasteiger charge is 2.17. The molecule has 2 amide bonds. The molecule has 1 atom stereocenters. The fourth-order valence-corrected chi connectivity index (χ4v) is 3.89. The number of nitrogens with one attached hydrogen (secondary N) is 4. The topological polar surface area (TPSA) is 118 Å². The predicted molar refractivity (Wildman–Crippen MR) is 141 cm³/mol. The number of rotatable bonds is 7. The van der Waals surface area contributed by atoms with Crippen LogP contribution in [0.2, 0.25) is 5.02 Å². The number of benzene rings is 2. The van der Waals surface area contributed by atoms with Gasteiger partial charge >= 0.3 is 0 Å². The van der Waals surface area contributed by atoms with Crippen LogP contribution in [-0.4, -0.2) is 52.0 Å². The van der Waals surface area contributed by atoms with E-state index >= 15 is 0 Å². The van der Waals surface area contributed by atoms with Crippen LogP contribution in [-0.2, 0) is 4.79 Å². The molecule has 1 aliphatic rings. The Bertz CT molecular complexity index is 1310. The van der Waals surface area contributed by atoms with Gasteiger partial charge in [0.1, 0.15) is 0 Å². The van der Waals surface area contributed by atoms with Crippen molar-refractivity contribution in [3.8, 4) is 5.69 Å². The van der Waals surface area contributed by atoms with Gasteiger partial charge in [-0.15, -0.1) is 0 Å². The lowest BCUT2D eigenvalue weighted by atomic mass is 10.2. The molecule has 10 nitrogen and oxygen atoms in total. The lowest BCUT2D eigenvalue weighted by Crippen LogP contribution is -2.14. The second kappa shape index (κ2) is 12.0. The fraction of sp³-hybridized carbons (Fsp3) is 0.200. The molecule has 1 fully saturated rings. The maximum absolute atomic E-state index is 12.6. The second-order valence-corrected chi connectivity index (χ2v) is 8.43. The third kappa shape index (κ3) is 6.29. The third-order valence-corrected chi connectivity index (χ3v) is 5.93. The first-order chi connectivity index (χ1) is 17.6. The van der Waals surface area contributed by atoms with Crippen LogP contribution in [0.5, 0.6) is 0 Å². The summed E-state index contributed by atoms with van der Waals surface area (Å²) in [4.78, 5) is 22.5. The monoisotopic (exact) mass is 506 g/mol. The Morgan fingerprint density at radius 3 is 2.67 bits per heavy atom. The van der Waals surface area contributed by atoms with Gasteiger partial charge in [-0.25, -0.2) is 4.68 Å². The molecule has 186 valence electrons. The summed E-state index contributed by atoms with van der Waals surface area (Å²) in [5.74, 6) is -0.169. The van der Waals surface area contributed by atoms with E-state index in [1.54, 1.807) is 47.4 Å². The van der Waals surface area contributed by atoms with Crippen LogP contribution in [0.15, 0.2) is 73.3 Å². The van der Waals surface area contributed by atoms with Crippen molar-refractivity contribution in [3.63, 3.8) is 0 Å². The molecule has 1 saturated heterocycles. The van der Waals surface area contributed by atoms with Crippen molar-refractivity contribution < 1.29 is 9.59 Å². The Morgan fingerprint density at radius 2 is 1.94 bits per heavy atom. The summed E-state index contributed by atoms with van der Waals surface area (Å²) in [7, 11) is 1.84. The Hall–Kier alpha value is -4.15. The van der Waals surface area contributed by atoms with Crippen LogP contribution >= 0.6 is 11.6 Å². The number of anilines is 3. The largest absolute Gasteiger partial charge is 0.386 e. The number of aromatic nitrogens is 4. The number of carbonyl (C=O) groups is 2. The van der Waals surface area contributed by atoms with E-state index in [1.807, 2.05) is 42.3 Å². The summed E-state index contributed by atoms with van der Waals surface area (Å²) in [6, 6.07) is 14.8. The zero-order valence-corrected chi connectivity index (χ0v) is 20.4. The van der Waals surface area contributed by atoms with Crippen molar-refractivity contribution >= 4 is 41.0 Å². The average molecular weight is 507 g/mol. The minimum atomic E-state index is -0.169. The van der Waals surface area contributed by atoms with Crippen molar-refractivity contribution in [1.82, 2.24) is 24.9 Å². The average Bonchev–Trinajstić information content (AvgIpc) is 3.68. The first kappa shape index (κ1) is 25.0. The van der Waals surface area contributed by atoms with Gasteiger partial charge in [0.25, 0.3) is 5.91 Å². The van der Waals surface area contributed by atoms with Crippen LogP contribution in [0.4, 0.5) is 17.1 Å². The van der Waals surface area contributed by atoms with Gasteiger partial charge in [0.2, 0.25) is 6.41 Å². The zero-order valence-electron chi connectivity index (χ0n) is 19.7. The molecule has 2 aromatic carbocycles. The lowest BCUT2D eigenvalue weighted by molar-refractivity contribution is -0.105. The van der Waals surface area contributed by atoms with Gasteiger partial charge in [-0.05, 0) is 43.3 Å². The van der Waals surface area contributed by atoms with E-state index in [9.17, 15) is 9.59 Å². The number of nitrogens with zero attached hydrogens (tertiary/aromatic N) is 4. The molecule has 11 heteroatoms. The Balaban J connectivity index is 0.000000256. The molecule has 4 N–H and O–H groups in total. The molecule has 0 spiro atoms. The number of amides is 2. The van der Waals surface area contributed by atoms with Crippen molar-refractivity contribution in [1.29, 1.82) is 0 Å². The summed E-state index contributed by atoms with van der Waals surface area (Å²) >= 11 is 5.68. The van der Waals surface area contributed by atoms with Gasteiger partial charge in [0, 0.05) is 25.4 Å². The van der Waals surface area contributed by atoms with Gasteiger partial charge in [0.05, 0.1) is 52.4 Å². The number of halogens is 1. The van der Waals surface area contributed by atoms with Crippen molar-refractivity contribution in [3.05, 3.63) is 83.9 Å².